The number of carbonyl (C=O) groups is 1. The number of benzene rings is 1. The number of aliphatic hydroxyl groups excluding tert-OH is 2. The molecular weight excluding hydrogens is 234 g/mol. The lowest BCUT2D eigenvalue weighted by atomic mass is 10.1. The molecule has 1 aromatic carbocycles. The molecule has 0 saturated carbocycles. The summed E-state index contributed by atoms with van der Waals surface area (Å²) < 4.78 is 4.97. The van der Waals surface area contributed by atoms with E-state index in [2.05, 4.69) is 5.32 Å². The van der Waals surface area contributed by atoms with E-state index in [1.54, 1.807) is 19.1 Å². The molecule has 0 amide bonds. The van der Waals surface area contributed by atoms with E-state index < -0.39 is 12.1 Å². The van der Waals surface area contributed by atoms with Crippen molar-refractivity contribution in [1.82, 2.24) is 0 Å². The Hall–Kier alpha value is -1.59. The quantitative estimate of drug-likeness (QED) is 0.657. The van der Waals surface area contributed by atoms with Gasteiger partial charge in [0.15, 0.2) is 0 Å². The van der Waals surface area contributed by atoms with E-state index in [1.165, 1.54) is 0 Å². The van der Waals surface area contributed by atoms with Crippen LogP contribution in [0.4, 0.5) is 5.69 Å². The van der Waals surface area contributed by atoms with Crippen LogP contribution >= 0.6 is 0 Å². The maximum absolute atomic E-state index is 11.8. The first-order valence-electron chi connectivity index (χ1n) is 5.89. The number of carbonyl (C=O) groups excluding carboxylic acids is 1. The summed E-state index contributed by atoms with van der Waals surface area (Å²) in [5, 5.41) is 20.9. The highest BCUT2D eigenvalue weighted by atomic mass is 16.5. The zero-order chi connectivity index (χ0) is 13.5. The molecule has 0 aliphatic carbocycles. The number of esters is 1. The van der Waals surface area contributed by atoms with Crippen molar-refractivity contribution < 1.29 is 19.7 Å². The number of aliphatic hydroxyl groups is 2. The Balaban J connectivity index is 2.86. The molecule has 0 spiro atoms. The van der Waals surface area contributed by atoms with Crippen LogP contribution in [0.5, 0.6) is 0 Å². The number of hydrogen-bond donors (Lipinski definition) is 3. The van der Waals surface area contributed by atoms with Crippen molar-refractivity contribution in [2.45, 2.75) is 20.0 Å². The third-order valence-corrected chi connectivity index (χ3v) is 2.41. The first-order valence-corrected chi connectivity index (χ1v) is 5.89. The predicted octanol–water partition coefficient (Wildman–Crippen LogP) is 0.937. The Morgan fingerprint density at radius 1 is 1.50 bits per heavy atom. The fourth-order valence-electron chi connectivity index (χ4n) is 1.48. The van der Waals surface area contributed by atoms with Crippen LogP contribution in [-0.2, 0) is 4.74 Å². The van der Waals surface area contributed by atoms with Crippen LogP contribution in [0.1, 0.15) is 22.8 Å². The average Bonchev–Trinajstić information content (AvgIpc) is 2.37. The summed E-state index contributed by atoms with van der Waals surface area (Å²) >= 11 is 0. The van der Waals surface area contributed by atoms with Gasteiger partial charge in [0.25, 0.3) is 0 Å². The Morgan fingerprint density at radius 2 is 2.22 bits per heavy atom. The molecular formula is C13H19NO4. The van der Waals surface area contributed by atoms with Gasteiger partial charge < -0.3 is 20.3 Å². The second kappa shape index (κ2) is 6.98. The standard InChI is InChI=1S/C13H19NO4/c1-3-18-13(17)11-6-9(2)4-5-12(11)14-7-10(16)8-15/h4-6,10,14-16H,3,7-8H2,1-2H3. The normalized spacial score (nSPS) is 12.0. The van der Waals surface area contributed by atoms with Crippen molar-refractivity contribution in [2.24, 2.45) is 0 Å². The lowest BCUT2D eigenvalue weighted by Crippen LogP contribution is -2.24. The van der Waals surface area contributed by atoms with Crippen LogP contribution in [-0.4, -0.2) is 42.0 Å². The maximum Gasteiger partial charge on any atom is 0.340 e. The smallest absolute Gasteiger partial charge is 0.340 e. The van der Waals surface area contributed by atoms with Crippen molar-refractivity contribution in [1.29, 1.82) is 0 Å². The van der Waals surface area contributed by atoms with Crippen molar-refractivity contribution in [3.05, 3.63) is 29.3 Å². The fourth-order valence-corrected chi connectivity index (χ4v) is 1.48. The molecule has 100 valence electrons. The van der Waals surface area contributed by atoms with E-state index in [1.807, 2.05) is 13.0 Å². The van der Waals surface area contributed by atoms with E-state index in [4.69, 9.17) is 9.84 Å². The Morgan fingerprint density at radius 3 is 2.83 bits per heavy atom. The van der Waals surface area contributed by atoms with E-state index >= 15 is 0 Å². The summed E-state index contributed by atoms with van der Waals surface area (Å²) in [5.74, 6) is -0.401. The van der Waals surface area contributed by atoms with Gasteiger partial charge in [-0.15, -0.1) is 0 Å². The van der Waals surface area contributed by atoms with E-state index in [0.29, 0.717) is 17.9 Å². The second-order valence-electron chi connectivity index (χ2n) is 3.99. The highest BCUT2D eigenvalue weighted by molar-refractivity contribution is 5.95. The van der Waals surface area contributed by atoms with E-state index in [0.717, 1.165) is 5.56 Å². The first kappa shape index (κ1) is 14.5. The molecule has 1 unspecified atom stereocenters. The SMILES string of the molecule is CCOC(=O)c1cc(C)ccc1NCC(O)CO. The molecule has 1 rings (SSSR count). The molecule has 18 heavy (non-hydrogen) atoms. The van der Waals surface area contributed by atoms with Gasteiger partial charge >= 0.3 is 5.97 Å². The molecule has 0 aliphatic heterocycles. The molecule has 1 aromatic rings. The third-order valence-electron chi connectivity index (χ3n) is 2.41. The van der Waals surface area contributed by atoms with Gasteiger partial charge in [0, 0.05) is 12.2 Å². The highest BCUT2D eigenvalue weighted by Crippen LogP contribution is 2.18. The van der Waals surface area contributed by atoms with Crippen molar-refractivity contribution in [2.75, 3.05) is 25.1 Å². The molecule has 0 aliphatic rings. The minimum absolute atomic E-state index is 0.173. The third kappa shape index (κ3) is 4.01. The fraction of sp³-hybridized carbons (Fsp3) is 0.462. The van der Waals surface area contributed by atoms with Crippen molar-refractivity contribution in [3.63, 3.8) is 0 Å². The van der Waals surface area contributed by atoms with Gasteiger partial charge in [-0.3, -0.25) is 0 Å². The number of rotatable bonds is 6. The summed E-state index contributed by atoms with van der Waals surface area (Å²) in [4.78, 5) is 11.8. The monoisotopic (exact) mass is 253 g/mol. The van der Waals surface area contributed by atoms with Gasteiger partial charge in [-0.1, -0.05) is 11.6 Å². The summed E-state index contributed by atoms with van der Waals surface area (Å²) in [6, 6.07) is 5.34. The molecule has 1 atom stereocenters. The second-order valence-corrected chi connectivity index (χ2v) is 3.99. The van der Waals surface area contributed by atoms with Gasteiger partial charge in [0.1, 0.15) is 0 Å². The molecule has 0 saturated heterocycles. The lowest BCUT2D eigenvalue weighted by molar-refractivity contribution is 0.0527. The summed E-state index contributed by atoms with van der Waals surface area (Å²) in [6.45, 7) is 3.79. The van der Waals surface area contributed by atoms with Crippen LogP contribution < -0.4 is 5.32 Å². The van der Waals surface area contributed by atoms with Gasteiger partial charge in [-0.05, 0) is 26.0 Å². The molecule has 5 heteroatoms. The minimum Gasteiger partial charge on any atom is -0.462 e. The van der Waals surface area contributed by atoms with E-state index in [9.17, 15) is 9.90 Å². The van der Waals surface area contributed by atoms with Gasteiger partial charge in [0.05, 0.1) is 24.9 Å². The van der Waals surface area contributed by atoms with Gasteiger partial charge in [-0.2, -0.15) is 0 Å². The summed E-state index contributed by atoms with van der Waals surface area (Å²) in [7, 11) is 0. The van der Waals surface area contributed by atoms with Gasteiger partial charge in [0.2, 0.25) is 0 Å². The molecule has 0 radical (unpaired) electrons. The molecule has 0 aromatic heterocycles. The lowest BCUT2D eigenvalue weighted by Gasteiger charge is -2.14. The highest BCUT2D eigenvalue weighted by Gasteiger charge is 2.13. The predicted molar refractivity (Wildman–Crippen MR) is 68.7 cm³/mol. The molecule has 0 fully saturated rings. The van der Waals surface area contributed by atoms with Crippen LogP contribution in [0, 0.1) is 6.92 Å². The van der Waals surface area contributed by atoms with Crippen LogP contribution in [0.3, 0.4) is 0 Å². The number of nitrogens with one attached hydrogen (secondary N) is 1. The molecule has 3 N–H and O–H groups in total. The zero-order valence-electron chi connectivity index (χ0n) is 10.6. The van der Waals surface area contributed by atoms with E-state index in [-0.39, 0.29) is 13.2 Å². The molecule has 0 bridgehead atoms. The van der Waals surface area contributed by atoms with Crippen molar-refractivity contribution in [3.8, 4) is 0 Å². The number of ether oxygens (including phenoxy) is 1. The molecule has 0 heterocycles. The van der Waals surface area contributed by atoms with Crippen molar-refractivity contribution >= 4 is 11.7 Å². The Kier molecular flexibility index (Phi) is 5.61. The van der Waals surface area contributed by atoms with Gasteiger partial charge in [-0.25, -0.2) is 4.79 Å². The van der Waals surface area contributed by atoms with Crippen LogP contribution in [0.15, 0.2) is 18.2 Å². The summed E-state index contributed by atoms with van der Waals surface area (Å²) in [6.07, 6.45) is -0.860. The Bertz CT molecular complexity index is 406. The Labute approximate surface area is 106 Å². The van der Waals surface area contributed by atoms with Crippen LogP contribution in [0.25, 0.3) is 0 Å². The summed E-state index contributed by atoms with van der Waals surface area (Å²) in [5.41, 5.74) is 1.97. The van der Waals surface area contributed by atoms with Crippen LogP contribution in [0.2, 0.25) is 0 Å². The average molecular weight is 253 g/mol. The molecule has 5 nitrogen and oxygen atoms in total. The zero-order valence-corrected chi connectivity index (χ0v) is 10.6. The first-order chi connectivity index (χ1) is 8.58. The minimum atomic E-state index is -0.860. The maximum atomic E-state index is 11.8. The topological polar surface area (TPSA) is 78.8 Å². The number of aryl methyl sites for hydroxylation is 1. The number of anilines is 1. The largest absolute Gasteiger partial charge is 0.462 e. The number of hydrogen-bond acceptors (Lipinski definition) is 5.